The SMILES string of the molecule is CSC1CCCC1NC(=O)c1cc(F)cnc1Cl. The molecule has 0 radical (unpaired) electrons. The maximum atomic E-state index is 13.1. The molecule has 1 aliphatic carbocycles. The number of halogens is 2. The molecule has 0 saturated heterocycles. The Hall–Kier alpha value is -0.810. The summed E-state index contributed by atoms with van der Waals surface area (Å²) in [5.74, 6) is -0.907. The van der Waals surface area contributed by atoms with E-state index >= 15 is 0 Å². The summed E-state index contributed by atoms with van der Waals surface area (Å²) in [6.45, 7) is 0. The van der Waals surface area contributed by atoms with Gasteiger partial charge < -0.3 is 5.32 Å². The minimum atomic E-state index is -0.558. The van der Waals surface area contributed by atoms with E-state index in [1.165, 1.54) is 0 Å². The van der Waals surface area contributed by atoms with Gasteiger partial charge in [-0.3, -0.25) is 4.79 Å². The molecule has 0 aliphatic heterocycles. The fraction of sp³-hybridized carbons (Fsp3) is 0.500. The average Bonchev–Trinajstić information content (AvgIpc) is 2.79. The molecule has 0 bridgehead atoms. The van der Waals surface area contributed by atoms with Gasteiger partial charge in [-0.05, 0) is 25.2 Å². The summed E-state index contributed by atoms with van der Waals surface area (Å²) in [5.41, 5.74) is 0.100. The fourth-order valence-corrected chi connectivity index (χ4v) is 3.33. The van der Waals surface area contributed by atoms with E-state index in [1.54, 1.807) is 11.8 Å². The van der Waals surface area contributed by atoms with Crippen molar-refractivity contribution < 1.29 is 9.18 Å². The first-order valence-corrected chi connectivity index (χ1v) is 7.43. The maximum absolute atomic E-state index is 13.1. The van der Waals surface area contributed by atoms with Crippen molar-refractivity contribution >= 4 is 29.3 Å². The Bertz CT molecular complexity index is 458. The molecule has 0 spiro atoms. The van der Waals surface area contributed by atoms with E-state index in [2.05, 4.69) is 10.3 Å². The highest BCUT2D eigenvalue weighted by atomic mass is 35.5. The standard InChI is InChI=1S/C12H14ClFN2OS/c1-18-10-4-2-3-9(10)16-12(17)8-5-7(14)6-15-11(8)13/h5-6,9-10H,2-4H2,1H3,(H,16,17). The minimum absolute atomic E-state index is 0.0348. The van der Waals surface area contributed by atoms with Crippen LogP contribution in [0.15, 0.2) is 12.3 Å². The summed E-state index contributed by atoms with van der Waals surface area (Å²) in [4.78, 5) is 15.7. The van der Waals surface area contributed by atoms with Crippen LogP contribution < -0.4 is 5.32 Å². The van der Waals surface area contributed by atoms with Gasteiger partial charge in [0.05, 0.1) is 11.8 Å². The zero-order valence-corrected chi connectivity index (χ0v) is 11.5. The summed E-state index contributed by atoms with van der Waals surface area (Å²) in [6, 6.07) is 1.25. The van der Waals surface area contributed by atoms with Crippen LogP contribution in [0.3, 0.4) is 0 Å². The van der Waals surface area contributed by atoms with E-state index in [4.69, 9.17) is 11.6 Å². The molecule has 2 unspecified atom stereocenters. The molecule has 1 amide bonds. The topological polar surface area (TPSA) is 42.0 Å². The number of hydrogen-bond acceptors (Lipinski definition) is 3. The quantitative estimate of drug-likeness (QED) is 0.870. The highest BCUT2D eigenvalue weighted by molar-refractivity contribution is 7.99. The molecule has 1 aromatic heterocycles. The van der Waals surface area contributed by atoms with Gasteiger partial charge in [0.15, 0.2) is 0 Å². The van der Waals surface area contributed by atoms with Crippen molar-refractivity contribution in [3.05, 3.63) is 28.8 Å². The summed E-state index contributed by atoms with van der Waals surface area (Å²) in [7, 11) is 0. The molecule has 1 fully saturated rings. The summed E-state index contributed by atoms with van der Waals surface area (Å²) in [6.07, 6.45) is 6.19. The largest absolute Gasteiger partial charge is 0.348 e. The first-order valence-electron chi connectivity index (χ1n) is 5.76. The van der Waals surface area contributed by atoms with Crippen molar-refractivity contribution in [2.24, 2.45) is 0 Å². The molecule has 1 aliphatic rings. The molecule has 1 saturated carbocycles. The Balaban J connectivity index is 2.09. The molecule has 0 aromatic carbocycles. The highest BCUT2D eigenvalue weighted by Gasteiger charge is 2.28. The second kappa shape index (κ2) is 5.89. The molecular formula is C12H14ClFN2OS. The van der Waals surface area contributed by atoms with E-state index < -0.39 is 5.82 Å². The van der Waals surface area contributed by atoms with Gasteiger partial charge in [-0.25, -0.2) is 9.37 Å². The molecule has 2 rings (SSSR count). The predicted octanol–water partition coefficient (Wildman–Crippen LogP) is 2.89. The Labute approximate surface area is 115 Å². The number of thioether (sulfide) groups is 1. The number of carbonyl (C=O) groups is 1. The molecule has 18 heavy (non-hydrogen) atoms. The van der Waals surface area contributed by atoms with Gasteiger partial charge in [-0.15, -0.1) is 0 Å². The third kappa shape index (κ3) is 2.95. The van der Waals surface area contributed by atoms with Gasteiger partial charge in [0.1, 0.15) is 11.0 Å². The smallest absolute Gasteiger partial charge is 0.254 e. The predicted molar refractivity (Wildman–Crippen MR) is 71.6 cm³/mol. The minimum Gasteiger partial charge on any atom is -0.348 e. The van der Waals surface area contributed by atoms with E-state index in [1.807, 2.05) is 6.26 Å². The Kier molecular flexibility index (Phi) is 4.45. The second-order valence-electron chi connectivity index (χ2n) is 4.28. The van der Waals surface area contributed by atoms with Crippen molar-refractivity contribution in [1.29, 1.82) is 0 Å². The zero-order valence-electron chi connectivity index (χ0n) is 9.95. The third-order valence-electron chi connectivity index (χ3n) is 3.12. The van der Waals surface area contributed by atoms with Crippen molar-refractivity contribution in [3.63, 3.8) is 0 Å². The fourth-order valence-electron chi connectivity index (χ4n) is 2.20. The number of nitrogens with zero attached hydrogens (tertiary/aromatic N) is 1. The van der Waals surface area contributed by atoms with Crippen molar-refractivity contribution in [1.82, 2.24) is 10.3 Å². The number of hydrogen-bond donors (Lipinski definition) is 1. The van der Waals surface area contributed by atoms with E-state index in [-0.39, 0.29) is 22.7 Å². The molecule has 3 nitrogen and oxygen atoms in total. The molecule has 1 heterocycles. The van der Waals surface area contributed by atoms with Crippen LogP contribution in [-0.4, -0.2) is 28.4 Å². The molecular weight excluding hydrogens is 275 g/mol. The van der Waals surface area contributed by atoms with Crippen LogP contribution in [0.1, 0.15) is 29.6 Å². The van der Waals surface area contributed by atoms with E-state index in [9.17, 15) is 9.18 Å². The second-order valence-corrected chi connectivity index (χ2v) is 5.71. The first-order chi connectivity index (χ1) is 8.61. The summed E-state index contributed by atoms with van der Waals surface area (Å²) in [5, 5.41) is 3.37. The van der Waals surface area contributed by atoms with Gasteiger partial charge >= 0.3 is 0 Å². The van der Waals surface area contributed by atoms with Crippen molar-refractivity contribution in [3.8, 4) is 0 Å². The Morgan fingerprint density at radius 3 is 3.11 bits per heavy atom. The lowest BCUT2D eigenvalue weighted by Crippen LogP contribution is -2.38. The molecule has 1 aromatic rings. The average molecular weight is 289 g/mol. The number of rotatable bonds is 3. The summed E-state index contributed by atoms with van der Waals surface area (Å²) >= 11 is 7.55. The van der Waals surface area contributed by atoms with Crippen LogP contribution in [0.5, 0.6) is 0 Å². The van der Waals surface area contributed by atoms with Crippen LogP contribution >= 0.6 is 23.4 Å². The number of carbonyl (C=O) groups excluding carboxylic acids is 1. The van der Waals surface area contributed by atoms with Crippen LogP contribution in [0.2, 0.25) is 5.15 Å². The number of nitrogens with one attached hydrogen (secondary N) is 1. The number of amides is 1. The first kappa shape index (κ1) is 13.6. The van der Waals surface area contributed by atoms with Gasteiger partial charge in [-0.1, -0.05) is 18.0 Å². The van der Waals surface area contributed by atoms with E-state index in [0.29, 0.717) is 5.25 Å². The van der Waals surface area contributed by atoms with Crippen molar-refractivity contribution in [2.45, 2.75) is 30.6 Å². The van der Waals surface area contributed by atoms with Crippen LogP contribution in [0.4, 0.5) is 4.39 Å². The lowest BCUT2D eigenvalue weighted by atomic mass is 10.2. The molecule has 1 N–H and O–H groups in total. The Morgan fingerprint density at radius 2 is 2.39 bits per heavy atom. The van der Waals surface area contributed by atoms with Crippen LogP contribution in [0.25, 0.3) is 0 Å². The monoisotopic (exact) mass is 288 g/mol. The zero-order chi connectivity index (χ0) is 13.1. The van der Waals surface area contributed by atoms with Crippen LogP contribution in [-0.2, 0) is 0 Å². The van der Waals surface area contributed by atoms with Crippen molar-refractivity contribution in [2.75, 3.05) is 6.26 Å². The normalized spacial score (nSPS) is 23.1. The maximum Gasteiger partial charge on any atom is 0.254 e. The molecule has 98 valence electrons. The van der Waals surface area contributed by atoms with Gasteiger partial charge in [0.25, 0.3) is 5.91 Å². The highest BCUT2D eigenvalue weighted by Crippen LogP contribution is 2.28. The molecule has 6 heteroatoms. The Morgan fingerprint density at radius 1 is 1.61 bits per heavy atom. The number of aromatic nitrogens is 1. The number of pyridine rings is 1. The summed E-state index contributed by atoms with van der Waals surface area (Å²) < 4.78 is 13.1. The van der Waals surface area contributed by atoms with Gasteiger partial charge in [0, 0.05) is 11.3 Å². The van der Waals surface area contributed by atoms with Gasteiger partial charge in [0.2, 0.25) is 0 Å². The lowest BCUT2D eigenvalue weighted by molar-refractivity contribution is 0.0938. The molecule has 2 atom stereocenters. The van der Waals surface area contributed by atoms with E-state index in [0.717, 1.165) is 31.5 Å². The lowest BCUT2D eigenvalue weighted by Gasteiger charge is -2.19. The van der Waals surface area contributed by atoms with Gasteiger partial charge in [-0.2, -0.15) is 11.8 Å². The van der Waals surface area contributed by atoms with Crippen LogP contribution in [0, 0.1) is 5.82 Å². The third-order valence-corrected chi connectivity index (χ3v) is 4.59.